The third-order valence-electron chi connectivity index (χ3n) is 3.94. The third kappa shape index (κ3) is 6.16. The van der Waals surface area contributed by atoms with Gasteiger partial charge < -0.3 is 10.1 Å². The van der Waals surface area contributed by atoms with Gasteiger partial charge in [0.25, 0.3) is 0 Å². The Hall–Kier alpha value is -2.38. The maximum atomic E-state index is 12.4. The highest BCUT2D eigenvalue weighted by molar-refractivity contribution is 7.88. The fraction of sp³-hybridized carbons (Fsp3) is 0.316. The highest BCUT2D eigenvalue weighted by Crippen LogP contribution is 2.22. The van der Waals surface area contributed by atoms with Crippen LogP contribution in [0.25, 0.3) is 0 Å². The smallest absolute Gasteiger partial charge is 0.222 e. The predicted molar refractivity (Wildman–Crippen MR) is 101 cm³/mol. The van der Waals surface area contributed by atoms with Gasteiger partial charge in [0.05, 0.1) is 25.4 Å². The number of nitrogens with one attached hydrogen (secondary N) is 2. The van der Waals surface area contributed by atoms with Gasteiger partial charge in [-0.05, 0) is 30.2 Å². The Kier molecular flexibility index (Phi) is 6.76. The van der Waals surface area contributed by atoms with Crippen LogP contribution in [0, 0.1) is 0 Å². The average Bonchev–Trinajstić information content (AvgIpc) is 2.60. The molecule has 0 heterocycles. The molecule has 0 aliphatic heterocycles. The number of ether oxygens (including phenoxy) is 1. The number of benzene rings is 2. The first-order valence-electron chi connectivity index (χ1n) is 8.24. The zero-order valence-electron chi connectivity index (χ0n) is 15.1. The van der Waals surface area contributed by atoms with Crippen LogP contribution in [-0.4, -0.2) is 27.7 Å². The van der Waals surface area contributed by atoms with Gasteiger partial charge in [0, 0.05) is 6.42 Å². The number of hydrogen-bond donors (Lipinski definition) is 2. The van der Waals surface area contributed by atoms with Gasteiger partial charge in [-0.25, -0.2) is 13.1 Å². The van der Waals surface area contributed by atoms with Crippen LogP contribution in [0.5, 0.6) is 5.75 Å². The normalized spacial score (nSPS) is 13.7. The number of hydrogen-bond acceptors (Lipinski definition) is 4. The van der Waals surface area contributed by atoms with E-state index in [2.05, 4.69) is 10.0 Å². The Morgan fingerprint density at radius 3 is 2.19 bits per heavy atom. The lowest BCUT2D eigenvalue weighted by molar-refractivity contribution is -0.122. The topological polar surface area (TPSA) is 84.5 Å². The van der Waals surface area contributed by atoms with Crippen molar-refractivity contribution in [1.82, 2.24) is 10.0 Å². The minimum Gasteiger partial charge on any atom is -0.497 e. The van der Waals surface area contributed by atoms with Crippen molar-refractivity contribution in [3.63, 3.8) is 0 Å². The molecule has 0 aliphatic carbocycles. The van der Waals surface area contributed by atoms with E-state index in [1.54, 1.807) is 31.4 Å². The van der Waals surface area contributed by atoms with Crippen molar-refractivity contribution in [2.45, 2.75) is 25.4 Å². The molecule has 7 heteroatoms. The lowest BCUT2D eigenvalue weighted by Gasteiger charge is -2.20. The molecule has 2 N–H and O–H groups in total. The van der Waals surface area contributed by atoms with Crippen LogP contribution in [0.2, 0.25) is 0 Å². The van der Waals surface area contributed by atoms with Crippen LogP contribution in [0.4, 0.5) is 0 Å². The number of methoxy groups -OCH3 is 1. The van der Waals surface area contributed by atoms with Crippen molar-refractivity contribution in [3.05, 3.63) is 65.7 Å². The molecule has 26 heavy (non-hydrogen) atoms. The molecule has 0 bridgehead atoms. The lowest BCUT2D eigenvalue weighted by atomic mass is 10.0. The van der Waals surface area contributed by atoms with Gasteiger partial charge in [-0.3, -0.25) is 4.79 Å². The second kappa shape index (κ2) is 8.82. The van der Waals surface area contributed by atoms with Crippen LogP contribution in [0.15, 0.2) is 54.6 Å². The lowest BCUT2D eigenvalue weighted by Crippen LogP contribution is -2.34. The molecule has 2 rings (SSSR count). The van der Waals surface area contributed by atoms with Gasteiger partial charge in [0.2, 0.25) is 15.9 Å². The summed E-state index contributed by atoms with van der Waals surface area (Å²) in [7, 11) is -1.92. The Bertz CT molecular complexity index is 820. The molecular formula is C19H24N2O4S. The fourth-order valence-electron chi connectivity index (χ4n) is 2.63. The molecule has 0 radical (unpaired) electrons. The highest BCUT2D eigenvalue weighted by Gasteiger charge is 2.21. The largest absolute Gasteiger partial charge is 0.497 e. The predicted octanol–water partition coefficient (Wildman–Crippen LogP) is 2.55. The summed E-state index contributed by atoms with van der Waals surface area (Å²) in [5.41, 5.74) is 1.68. The molecule has 0 fully saturated rings. The number of rotatable bonds is 8. The van der Waals surface area contributed by atoms with E-state index in [0.29, 0.717) is 11.3 Å². The quantitative estimate of drug-likeness (QED) is 0.742. The van der Waals surface area contributed by atoms with Crippen LogP contribution in [-0.2, 0) is 14.8 Å². The van der Waals surface area contributed by atoms with Crippen LogP contribution in [0.1, 0.15) is 36.6 Å². The second-order valence-electron chi connectivity index (χ2n) is 6.12. The van der Waals surface area contributed by atoms with E-state index in [1.807, 2.05) is 37.3 Å². The molecule has 6 nitrogen and oxygen atoms in total. The van der Waals surface area contributed by atoms with Gasteiger partial charge in [-0.2, -0.15) is 0 Å². The molecular weight excluding hydrogens is 352 g/mol. The number of carbonyl (C=O) groups is 1. The van der Waals surface area contributed by atoms with E-state index in [0.717, 1.165) is 11.8 Å². The molecule has 0 aliphatic rings. The van der Waals surface area contributed by atoms with Crippen molar-refractivity contribution in [2.75, 3.05) is 13.4 Å². The molecule has 2 aromatic rings. The first-order chi connectivity index (χ1) is 12.3. The SMILES string of the molecule is COc1ccc([C@H](CC(=O)N[C@H](C)c2ccccc2)NS(C)(=O)=O)cc1. The Morgan fingerprint density at radius 2 is 1.65 bits per heavy atom. The molecule has 1 amide bonds. The van der Waals surface area contributed by atoms with Crippen LogP contribution < -0.4 is 14.8 Å². The Morgan fingerprint density at radius 1 is 1.04 bits per heavy atom. The van der Waals surface area contributed by atoms with E-state index in [-0.39, 0.29) is 18.4 Å². The summed E-state index contributed by atoms with van der Waals surface area (Å²) in [6, 6.07) is 15.7. The van der Waals surface area contributed by atoms with E-state index in [9.17, 15) is 13.2 Å². The van der Waals surface area contributed by atoms with Crippen molar-refractivity contribution in [2.24, 2.45) is 0 Å². The summed E-state index contributed by atoms with van der Waals surface area (Å²) in [6.45, 7) is 1.89. The highest BCUT2D eigenvalue weighted by atomic mass is 32.2. The maximum Gasteiger partial charge on any atom is 0.222 e. The summed E-state index contributed by atoms with van der Waals surface area (Å²) in [6.07, 6.45) is 1.07. The monoisotopic (exact) mass is 376 g/mol. The second-order valence-corrected chi connectivity index (χ2v) is 7.90. The number of carbonyl (C=O) groups excluding carboxylic acids is 1. The summed E-state index contributed by atoms with van der Waals surface area (Å²) in [5.74, 6) is 0.423. The summed E-state index contributed by atoms with van der Waals surface area (Å²) in [5, 5.41) is 2.91. The fourth-order valence-corrected chi connectivity index (χ4v) is 3.37. The maximum absolute atomic E-state index is 12.4. The van der Waals surface area contributed by atoms with E-state index in [4.69, 9.17) is 4.74 Å². The molecule has 2 atom stereocenters. The average molecular weight is 376 g/mol. The minimum atomic E-state index is -3.47. The number of amides is 1. The summed E-state index contributed by atoms with van der Waals surface area (Å²) in [4.78, 5) is 12.4. The van der Waals surface area contributed by atoms with Crippen LogP contribution >= 0.6 is 0 Å². The van der Waals surface area contributed by atoms with Gasteiger partial charge in [0.15, 0.2) is 0 Å². The van der Waals surface area contributed by atoms with E-state index >= 15 is 0 Å². The molecule has 0 spiro atoms. The van der Waals surface area contributed by atoms with E-state index in [1.165, 1.54) is 0 Å². The zero-order valence-corrected chi connectivity index (χ0v) is 15.9. The minimum absolute atomic E-state index is 0.00340. The Balaban J connectivity index is 2.11. The molecule has 0 unspecified atom stereocenters. The zero-order chi connectivity index (χ0) is 19.2. The van der Waals surface area contributed by atoms with Crippen molar-refractivity contribution in [1.29, 1.82) is 0 Å². The van der Waals surface area contributed by atoms with Crippen LogP contribution in [0.3, 0.4) is 0 Å². The van der Waals surface area contributed by atoms with E-state index < -0.39 is 16.1 Å². The van der Waals surface area contributed by atoms with Gasteiger partial charge in [0.1, 0.15) is 5.75 Å². The summed E-state index contributed by atoms with van der Waals surface area (Å²) < 4.78 is 31.0. The molecule has 0 saturated heterocycles. The molecule has 140 valence electrons. The van der Waals surface area contributed by atoms with Crippen molar-refractivity contribution in [3.8, 4) is 5.75 Å². The van der Waals surface area contributed by atoms with Crippen molar-refractivity contribution >= 4 is 15.9 Å². The van der Waals surface area contributed by atoms with Gasteiger partial charge >= 0.3 is 0 Å². The van der Waals surface area contributed by atoms with Gasteiger partial charge in [-0.1, -0.05) is 42.5 Å². The molecule has 0 saturated carbocycles. The first kappa shape index (κ1) is 19.9. The summed E-state index contributed by atoms with van der Waals surface area (Å²) >= 11 is 0. The number of sulfonamides is 1. The van der Waals surface area contributed by atoms with Gasteiger partial charge in [-0.15, -0.1) is 0 Å². The molecule has 2 aromatic carbocycles. The molecule has 0 aromatic heterocycles. The third-order valence-corrected chi connectivity index (χ3v) is 4.65. The first-order valence-corrected chi connectivity index (χ1v) is 10.1. The van der Waals surface area contributed by atoms with Crippen molar-refractivity contribution < 1.29 is 17.9 Å². The standard InChI is InChI=1S/C19H24N2O4S/c1-14(15-7-5-4-6-8-15)20-19(22)13-18(21-26(3,23)24)16-9-11-17(25-2)12-10-16/h4-12,14,18,21H,13H2,1-3H3,(H,20,22)/t14-,18+/m1/s1. The Labute approximate surface area is 154 Å².